The van der Waals surface area contributed by atoms with Crippen molar-refractivity contribution in [2.24, 2.45) is 0 Å². The number of hydrogen-bond donors (Lipinski definition) is 0. The highest BCUT2D eigenvalue weighted by Crippen LogP contribution is 2.33. The van der Waals surface area contributed by atoms with E-state index in [1.165, 1.54) is 20.8 Å². The molecule has 174 valence electrons. The van der Waals surface area contributed by atoms with Gasteiger partial charge in [0.25, 0.3) is 0 Å². The van der Waals surface area contributed by atoms with Crippen LogP contribution < -0.4 is 0 Å². The van der Waals surface area contributed by atoms with Crippen molar-refractivity contribution in [2.45, 2.75) is 81.5 Å². The van der Waals surface area contributed by atoms with E-state index < -0.39 is 60.6 Å². The van der Waals surface area contributed by atoms with E-state index in [4.69, 9.17) is 30.1 Å². The standard InChI is InChI=1S/C21H31IO8Si/c1-8-9-16(10-11-31(5,6)7)29-21-18(22)20(28-15(4)25)19(27-14(3)24)17(30-21)12-26-13(2)23/h1,10-11,16-21H,9,12H2,2-7H3/b11-10+/t16-,17-,18+,19-,20-,21+/m1/s1. The van der Waals surface area contributed by atoms with Crippen LogP contribution in [-0.2, 0) is 38.1 Å². The summed E-state index contributed by atoms with van der Waals surface area (Å²) < 4.78 is 27.6. The molecule has 0 radical (unpaired) electrons. The molecule has 1 aliphatic heterocycles. The summed E-state index contributed by atoms with van der Waals surface area (Å²) in [6.45, 7) is 10.1. The van der Waals surface area contributed by atoms with E-state index in [0.717, 1.165) is 0 Å². The third-order valence-corrected chi connectivity index (χ3v) is 6.56. The number of terminal acetylenes is 1. The first-order valence-corrected chi connectivity index (χ1v) is 14.7. The second-order valence-corrected chi connectivity index (χ2v) is 14.7. The van der Waals surface area contributed by atoms with Crippen molar-refractivity contribution in [3.8, 4) is 12.3 Å². The Bertz CT molecular complexity index is 711. The summed E-state index contributed by atoms with van der Waals surface area (Å²) in [6, 6.07) is 0. The van der Waals surface area contributed by atoms with Crippen molar-refractivity contribution in [1.82, 2.24) is 0 Å². The van der Waals surface area contributed by atoms with Crippen LogP contribution >= 0.6 is 22.6 Å². The summed E-state index contributed by atoms with van der Waals surface area (Å²) >= 11 is 2.04. The van der Waals surface area contributed by atoms with E-state index in [9.17, 15) is 14.4 Å². The van der Waals surface area contributed by atoms with Gasteiger partial charge in [-0.2, -0.15) is 0 Å². The van der Waals surface area contributed by atoms with Crippen molar-refractivity contribution >= 4 is 48.6 Å². The zero-order chi connectivity index (χ0) is 23.8. The Morgan fingerprint density at radius 2 is 1.68 bits per heavy atom. The highest BCUT2D eigenvalue weighted by atomic mass is 127. The number of ether oxygens (including phenoxy) is 5. The number of halogens is 1. The van der Waals surface area contributed by atoms with Gasteiger partial charge in [-0.1, -0.05) is 54.0 Å². The van der Waals surface area contributed by atoms with E-state index in [1.54, 1.807) is 0 Å². The number of carbonyl (C=O) groups is 3. The van der Waals surface area contributed by atoms with Gasteiger partial charge < -0.3 is 23.7 Å². The van der Waals surface area contributed by atoms with Gasteiger partial charge in [0.2, 0.25) is 0 Å². The molecule has 1 aliphatic rings. The van der Waals surface area contributed by atoms with Gasteiger partial charge in [0.05, 0.1) is 14.2 Å². The molecular formula is C21H31IO8Si. The average molecular weight is 566 g/mol. The molecule has 0 aromatic rings. The summed E-state index contributed by atoms with van der Waals surface area (Å²) in [5, 5.41) is 0. The van der Waals surface area contributed by atoms with E-state index >= 15 is 0 Å². The molecule has 0 aromatic heterocycles. The predicted molar refractivity (Wildman–Crippen MR) is 125 cm³/mol. The zero-order valence-corrected chi connectivity index (χ0v) is 21.9. The molecule has 31 heavy (non-hydrogen) atoms. The Kier molecular flexibility index (Phi) is 11.2. The summed E-state index contributed by atoms with van der Waals surface area (Å²) in [5.74, 6) is 0.948. The van der Waals surface area contributed by atoms with Crippen LogP contribution in [-0.4, -0.2) is 67.2 Å². The minimum Gasteiger partial charge on any atom is -0.463 e. The van der Waals surface area contributed by atoms with E-state index in [0.29, 0.717) is 6.42 Å². The van der Waals surface area contributed by atoms with Crippen molar-refractivity contribution in [3.05, 3.63) is 11.8 Å². The van der Waals surface area contributed by atoms with Crippen molar-refractivity contribution in [2.75, 3.05) is 6.61 Å². The van der Waals surface area contributed by atoms with Gasteiger partial charge >= 0.3 is 17.9 Å². The fourth-order valence-corrected chi connectivity index (χ4v) is 4.50. The van der Waals surface area contributed by atoms with Gasteiger partial charge in [-0.15, -0.1) is 12.3 Å². The van der Waals surface area contributed by atoms with Crippen LogP contribution in [0, 0.1) is 12.3 Å². The molecule has 0 amide bonds. The lowest BCUT2D eigenvalue weighted by Gasteiger charge is -2.43. The van der Waals surface area contributed by atoms with Gasteiger partial charge in [-0.05, 0) is 0 Å². The Morgan fingerprint density at radius 3 is 2.16 bits per heavy atom. The molecule has 10 heteroatoms. The van der Waals surface area contributed by atoms with Gasteiger partial charge in [0.1, 0.15) is 16.6 Å². The second kappa shape index (κ2) is 12.6. The highest BCUT2D eigenvalue weighted by Gasteiger charge is 2.50. The van der Waals surface area contributed by atoms with Crippen molar-refractivity contribution in [1.29, 1.82) is 0 Å². The quantitative estimate of drug-likeness (QED) is 0.105. The number of rotatable bonds is 9. The molecule has 1 fully saturated rings. The lowest BCUT2D eigenvalue weighted by Crippen LogP contribution is -2.60. The van der Waals surface area contributed by atoms with Crippen LogP contribution in [0.4, 0.5) is 0 Å². The number of esters is 3. The molecule has 0 aromatic carbocycles. The van der Waals surface area contributed by atoms with Crippen molar-refractivity contribution in [3.63, 3.8) is 0 Å². The van der Waals surface area contributed by atoms with Crippen LogP contribution in [0.2, 0.25) is 19.6 Å². The zero-order valence-electron chi connectivity index (χ0n) is 18.8. The Morgan fingerprint density at radius 1 is 1.10 bits per heavy atom. The molecule has 1 rings (SSSR count). The minimum absolute atomic E-state index is 0.196. The SMILES string of the molecule is C#CC[C@H](/C=C/[Si](C)(C)C)O[C@H]1O[C@H](COC(C)=O)[C@@H](OC(C)=O)[C@H](OC(C)=O)[C@@H]1I. The Hall–Kier alpha value is -1.42. The van der Waals surface area contributed by atoms with Gasteiger partial charge in [0.15, 0.2) is 18.5 Å². The molecule has 0 unspecified atom stereocenters. The summed E-state index contributed by atoms with van der Waals surface area (Å²) in [5.41, 5.74) is 2.13. The topological polar surface area (TPSA) is 97.4 Å². The Balaban J connectivity index is 3.19. The van der Waals surface area contributed by atoms with Gasteiger partial charge in [-0.3, -0.25) is 14.4 Å². The molecule has 0 N–H and O–H groups in total. The fourth-order valence-electron chi connectivity index (χ4n) is 2.82. The van der Waals surface area contributed by atoms with Crippen LogP contribution in [0.15, 0.2) is 11.8 Å². The average Bonchev–Trinajstić information content (AvgIpc) is 2.62. The van der Waals surface area contributed by atoms with Gasteiger partial charge in [-0.25, -0.2) is 0 Å². The first kappa shape index (κ1) is 27.6. The maximum atomic E-state index is 11.7. The minimum atomic E-state index is -1.49. The lowest BCUT2D eigenvalue weighted by atomic mass is 10.0. The van der Waals surface area contributed by atoms with E-state index in [1.807, 2.05) is 28.7 Å². The summed E-state index contributed by atoms with van der Waals surface area (Å²) in [7, 11) is -1.49. The van der Waals surface area contributed by atoms with E-state index in [2.05, 4.69) is 31.3 Å². The maximum absolute atomic E-state index is 11.7. The number of carbonyl (C=O) groups excluding carboxylic acids is 3. The maximum Gasteiger partial charge on any atom is 0.303 e. The second-order valence-electron chi connectivity index (χ2n) is 8.25. The molecule has 8 nitrogen and oxygen atoms in total. The van der Waals surface area contributed by atoms with Crippen LogP contribution in [0.1, 0.15) is 27.2 Å². The molecule has 1 heterocycles. The largest absolute Gasteiger partial charge is 0.463 e. The monoisotopic (exact) mass is 566 g/mol. The molecule has 0 aliphatic carbocycles. The van der Waals surface area contributed by atoms with Crippen molar-refractivity contribution < 1.29 is 38.1 Å². The first-order valence-electron chi connectivity index (χ1n) is 9.89. The predicted octanol–water partition coefficient (Wildman–Crippen LogP) is 2.78. The Labute approximate surface area is 198 Å². The molecule has 0 spiro atoms. The third kappa shape index (κ3) is 10.2. The highest BCUT2D eigenvalue weighted by molar-refractivity contribution is 14.1. The molecule has 1 saturated heterocycles. The first-order chi connectivity index (χ1) is 14.3. The summed E-state index contributed by atoms with van der Waals surface area (Å²) in [6.07, 6.45) is 3.77. The smallest absolute Gasteiger partial charge is 0.303 e. The lowest BCUT2D eigenvalue weighted by molar-refractivity contribution is -0.265. The number of alkyl halides is 1. The van der Waals surface area contributed by atoms with Crippen LogP contribution in [0.25, 0.3) is 0 Å². The molecule has 6 atom stereocenters. The van der Waals surface area contributed by atoms with E-state index in [-0.39, 0.29) is 6.61 Å². The van der Waals surface area contributed by atoms with Crippen LogP contribution in [0.5, 0.6) is 0 Å². The normalized spacial score (nSPS) is 27.2. The molecular weight excluding hydrogens is 535 g/mol. The molecule has 0 bridgehead atoms. The summed E-state index contributed by atoms with van der Waals surface area (Å²) in [4.78, 5) is 34.7. The molecule has 0 saturated carbocycles. The van der Waals surface area contributed by atoms with Crippen LogP contribution in [0.3, 0.4) is 0 Å². The third-order valence-electron chi connectivity index (χ3n) is 4.07. The fraction of sp³-hybridized carbons (Fsp3) is 0.667. The number of hydrogen-bond acceptors (Lipinski definition) is 8. The van der Waals surface area contributed by atoms with Gasteiger partial charge in [0, 0.05) is 27.2 Å².